The Morgan fingerprint density at radius 2 is 2.11 bits per heavy atom. The molecule has 1 aromatic carbocycles. The van der Waals surface area contributed by atoms with Crippen LogP contribution in [-0.2, 0) is 13.6 Å². The Morgan fingerprint density at radius 3 is 2.67 bits per heavy atom. The minimum absolute atomic E-state index is 0.259. The third kappa shape index (κ3) is 2.48. The lowest BCUT2D eigenvalue weighted by Crippen LogP contribution is -2.07. The van der Waals surface area contributed by atoms with Gasteiger partial charge < -0.3 is 5.32 Å². The summed E-state index contributed by atoms with van der Waals surface area (Å²) in [4.78, 5) is 0. The van der Waals surface area contributed by atoms with Gasteiger partial charge in [0.05, 0.1) is 28.6 Å². The minimum Gasteiger partial charge on any atom is -0.377 e. The Kier molecular flexibility index (Phi) is 3.57. The van der Waals surface area contributed by atoms with Crippen LogP contribution in [0.5, 0.6) is 0 Å². The van der Waals surface area contributed by atoms with Crippen LogP contribution in [0.4, 0.5) is 10.1 Å². The van der Waals surface area contributed by atoms with E-state index in [1.165, 1.54) is 6.07 Å². The predicted molar refractivity (Wildman–Crippen MR) is 71.4 cm³/mol. The molecule has 2 aromatic rings. The molecule has 1 N–H and O–H groups in total. The van der Waals surface area contributed by atoms with Crippen LogP contribution in [0.2, 0.25) is 5.02 Å². The second kappa shape index (κ2) is 4.98. The number of anilines is 1. The van der Waals surface area contributed by atoms with E-state index in [0.717, 1.165) is 17.0 Å². The molecule has 1 heterocycles. The zero-order chi connectivity index (χ0) is 13.3. The van der Waals surface area contributed by atoms with Gasteiger partial charge in [0, 0.05) is 7.05 Å². The molecule has 0 spiro atoms. The number of hydrogen-bond donors (Lipinski definition) is 1. The fourth-order valence-corrected chi connectivity index (χ4v) is 2.04. The topological polar surface area (TPSA) is 29.9 Å². The maximum absolute atomic E-state index is 13.6. The van der Waals surface area contributed by atoms with Crippen LogP contribution in [0.1, 0.15) is 17.0 Å². The van der Waals surface area contributed by atoms with E-state index in [9.17, 15) is 4.39 Å². The second-order valence-corrected chi connectivity index (χ2v) is 4.68. The highest BCUT2D eigenvalue weighted by atomic mass is 35.5. The molecule has 2 rings (SSSR count). The molecule has 0 amide bonds. The molecule has 0 bridgehead atoms. The van der Waals surface area contributed by atoms with Gasteiger partial charge in [-0.3, -0.25) is 4.68 Å². The fourth-order valence-electron chi connectivity index (χ4n) is 1.81. The maximum atomic E-state index is 13.6. The van der Waals surface area contributed by atoms with Crippen molar-refractivity contribution < 1.29 is 4.39 Å². The summed E-state index contributed by atoms with van der Waals surface area (Å²) in [5, 5.41) is 7.86. The fraction of sp³-hybridized carbons (Fsp3) is 0.308. The van der Waals surface area contributed by atoms with Gasteiger partial charge in [-0.2, -0.15) is 5.10 Å². The highest BCUT2D eigenvalue weighted by Gasteiger charge is 2.11. The highest BCUT2D eigenvalue weighted by Crippen LogP contribution is 2.22. The van der Waals surface area contributed by atoms with Gasteiger partial charge in [-0.15, -0.1) is 0 Å². The molecule has 96 valence electrons. The molecular weight excluding hydrogens is 253 g/mol. The minimum atomic E-state index is -0.259. The number of nitrogens with zero attached hydrogens (tertiary/aromatic N) is 2. The molecular formula is C13H15ClFN3. The average molecular weight is 268 g/mol. The van der Waals surface area contributed by atoms with Crippen LogP contribution in [0.3, 0.4) is 0 Å². The van der Waals surface area contributed by atoms with Gasteiger partial charge in [0.2, 0.25) is 0 Å². The Morgan fingerprint density at radius 1 is 1.39 bits per heavy atom. The summed E-state index contributed by atoms with van der Waals surface area (Å²) in [6, 6.07) is 5.09. The van der Waals surface area contributed by atoms with Crippen molar-refractivity contribution in [3.8, 4) is 0 Å². The number of aromatic nitrogens is 2. The van der Waals surface area contributed by atoms with Crippen molar-refractivity contribution in [1.82, 2.24) is 9.78 Å². The van der Waals surface area contributed by atoms with Crippen LogP contribution in [0.15, 0.2) is 18.2 Å². The molecule has 0 radical (unpaired) electrons. The standard InChI is InChI=1S/C13H15ClFN3/c1-8-4-5-11(10(15)6-8)16-7-12-13(14)9(2)17-18(12)3/h4-6,16H,7H2,1-3H3. The number of aryl methyl sites for hydroxylation is 3. The smallest absolute Gasteiger partial charge is 0.146 e. The number of nitrogens with one attached hydrogen (secondary N) is 1. The predicted octanol–water partition coefficient (Wildman–Crippen LogP) is 3.44. The van der Waals surface area contributed by atoms with Gasteiger partial charge in [0.1, 0.15) is 5.82 Å². The van der Waals surface area contributed by atoms with E-state index in [-0.39, 0.29) is 5.82 Å². The molecule has 0 aliphatic heterocycles. The van der Waals surface area contributed by atoms with Crippen LogP contribution in [0, 0.1) is 19.7 Å². The van der Waals surface area contributed by atoms with Crippen molar-refractivity contribution in [3.05, 3.63) is 46.0 Å². The van der Waals surface area contributed by atoms with Crippen molar-refractivity contribution in [3.63, 3.8) is 0 Å². The van der Waals surface area contributed by atoms with E-state index in [1.807, 2.05) is 27.0 Å². The molecule has 3 nitrogen and oxygen atoms in total. The number of hydrogen-bond acceptors (Lipinski definition) is 2. The first-order valence-electron chi connectivity index (χ1n) is 5.67. The average Bonchev–Trinajstić information content (AvgIpc) is 2.53. The first-order chi connectivity index (χ1) is 8.49. The quantitative estimate of drug-likeness (QED) is 0.923. The largest absolute Gasteiger partial charge is 0.377 e. The Bertz CT molecular complexity index is 578. The van der Waals surface area contributed by atoms with Crippen molar-refractivity contribution in [2.45, 2.75) is 20.4 Å². The van der Waals surface area contributed by atoms with Crippen LogP contribution < -0.4 is 5.32 Å². The second-order valence-electron chi connectivity index (χ2n) is 4.31. The van der Waals surface area contributed by atoms with Crippen molar-refractivity contribution in [2.24, 2.45) is 7.05 Å². The number of benzene rings is 1. The van der Waals surface area contributed by atoms with Gasteiger partial charge in [0.15, 0.2) is 0 Å². The molecule has 0 unspecified atom stereocenters. The zero-order valence-corrected chi connectivity index (χ0v) is 11.3. The third-order valence-corrected chi connectivity index (χ3v) is 3.32. The summed E-state index contributed by atoms with van der Waals surface area (Å²) in [6.45, 7) is 4.14. The first-order valence-corrected chi connectivity index (χ1v) is 6.05. The maximum Gasteiger partial charge on any atom is 0.146 e. The Hall–Kier alpha value is -1.55. The normalized spacial score (nSPS) is 10.7. The van der Waals surface area contributed by atoms with E-state index < -0.39 is 0 Å². The lowest BCUT2D eigenvalue weighted by Gasteiger charge is -2.08. The summed E-state index contributed by atoms with van der Waals surface area (Å²) in [7, 11) is 1.82. The van der Waals surface area contributed by atoms with Crippen LogP contribution in [-0.4, -0.2) is 9.78 Å². The zero-order valence-electron chi connectivity index (χ0n) is 10.6. The highest BCUT2D eigenvalue weighted by molar-refractivity contribution is 6.31. The van der Waals surface area contributed by atoms with Gasteiger partial charge in [0.25, 0.3) is 0 Å². The summed E-state index contributed by atoms with van der Waals surface area (Å²) >= 11 is 6.13. The van der Waals surface area contributed by atoms with Gasteiger partial charge in [-0.05, 0) is 31.5 Å². The lowest BCUT2D eigenvalue weighted by atomic mass is 10.2. The van der Waals surface area contributed by atoms with Crippen LogP contribution >= 0.6 is 11.6 Å². The van der Waals surface area contributed by atoms with E-state index in [4.69, 9.17) is 11.6 Å². The van der Waals surface area contributed by atoms with Gasteiger partial charge in [-0.1, -0.05) is 17.7 Å². The van der Waals surface area contributed by atoms with Crippen LogP contribution in [0.25, 0.3) is 0 Å². The summed E-state index contributed by atoms with van der Waals surface area (Å²) in [5.41, 5.74) is 2.98. The molecule has 0 aliphatic carbocycles. The van der Waals surface area contributed by atoms with E-state index >= 15 is 0 Å². The molecule has 0 fully saturated rings. The number of halogens is 2. The molecule has 0 saturated heterocycles. The van der Waals surface area contributed by atoms with Gasteiger partial charge >= 0.3 is 0 Å². The number of rotatable bonds is 3. The molecule has 0 saturated carbocycles. The molecule has 18 heavy (non-hydrogen) atoms. The van der Waals surface area contributed by atoms with E-state index in [0.29, 0.717) is 17.3 Å². The Labute approximate surface area is 111 Å². The summed E-state index contributed by atoms with van der Waals surface area (Å²) in [5.74, 6) is -0.259. The molecule has 0 aliphatic rings. The molecule has 1 aromatic heterocycles. The van der Waals surface area contributed by atoms with Crippen molar-refractivity contribution >= 4 is 17.3 Å². The first kappa shape index (κ1) is 12.9. The van der Waals surface area contributed by atoms with Gasteiger partial charge in [-0.25, -0.2) is 4.39 Å². The van der Waals surface area contributed by atoms with Crippen molar-refractivity contribution in [2.75, 3.05) is 5.32 Å². The third-order valence-electron chi connectivity index (χ3n) is 2.83. The van der Waals surface area contributed by atoms with Crippen molar-refractivity contribution in [1.29, 1.82) is 0 Å². The van der Waals surface area contributed by atoms with E-state index in [2.05, 4.69) is 10.4 Å². The molecule has 0 atom stereocenters. The lowest BCUT2D eigenvalue weighted by molar-refractivity contribution is 0.627. The molecule has 5 heteroatoms. The monoisotopic (exact) mass is 267 g/mol. The Balaban J connectivity index is 2.16. The van der Waals surface area contributed by atoms with E-state index in [1.54, 1.807) is 10.7 Å². The SMILES string of the molecule is Cc1ccc(NCc2c(Cl)c(C)nn2C)c(F)c1. The summed E-state index contributed by atoms with van der Waals surface area (Å²) in [6.07, 6.45) is 0. The summed E-state index contributed by atoms with van der Waals surface area (Å²) < 4.78 is 15.3.